The van der Waals surface area contributed by atoms with Gasteiger partial charge in [0.25, 0.3) is 0 Å². The van der Waals surface area contributed by atoms with Gasteiger partial charge in [0.1, 0.15) is 23.3 Å². The van der Waals surface area contributed by atoms with E-state index in [-0.39, 0.29) is 0 Å². The second kappa shape index (κ2) is 9.01. The molecule has 1 aliphatic heterocycles. The summed E-state index contributed by atoms with van der Waals surface area (Å²) >= 11 is 3.73. The quantitative estimate of drug-likeness (QED) is 0.246. The monoisotopic (exact) mass is 519 g/mol. The van der Waals surface area contributed by atoms with Gasteiger partial charge in [-0.1, -0.05) is 112 Å². The average molecular weight is 520 g/mol. The van der Waals surface area contributed by atoms with Crippen LogP contribution in [0.25, 0.3) is 0 Å². The Hall–Kier alpha value is -3.96. The van der Waals surface area contributed by atoms with E-state index in [0.717, 1.165) is 43.9 Å². The first-order valence-electron chi connectivity index (χ1n) is 11.5. The Morgan fingerprint density at radius 3 is 1.97 bits per heavy atom. The summed E-state index contributed by atoms with van der Waals surface area (Å²) in [7, 11) is 0. The van der Waals surface area contributed by atoms with E-state index in [1.165, 1.54) is 0 Å². The molecular weight excluding hydrogens is 498 g/mol. The molecule has 0 N–H and O–H groups in total. The Bertz CT molecular complexity index is 1430. The summed E-state index contributed by atoms with van der Waals surface area (Å²) in [4.78, 5) is 7.87. The Morgan fingerprint density at radius 2 is 1.37 bits per heavy atom. The average Bonchev–Trinajstić information content (AvgIpc) is 3.44. The van der Waals surface area contributed by atoms with E-state index < -0.39 is 5.54 Å². The minimum absolute atomic E-state index is 0.540. The van der Waals surface area contributed by atoms with Gasteiger partial charge in [0.15, 0.2) is 0 Å². The minimum Gasteiger partial charge on any atom is -0.364 e. The SMILES string of the molecule is Brc1ccc2c(c1)C(c1ccccc1)(c1ccccc1)N=C(c1ccccc1)N2Cc1ccon1. The van der Waals surface area contributed by atoms with Crippen molar-refractivity contribution in [3.8, 4) is 0 Å². The highest BCUT2D eigenvalue weighted by atomic mass is 79.9. The first kappa shape index (κ1) is 21.6. The van der Waals surface area contributed by atoms with Gasteiger partial charge in [-0.05, 0) is 29.3 Å². The smallest absolute Gasteiger partial charge is 0.140 e. The maximum atomic E-state index is 5.63. The highest BCUT2D eigenvalue weighted by Gasteiger charge is 2.43. The van der Waals surface area contributed by atoms with E-state index in [4.69, 9.17) is 9.52 Å². The summed E-state index contributed by atoms with van der Waals surface area (Å²) < 4.78 is 6.17. The minimum atomic E-state index is -0.729. The molecule has 0 saturated heterocycles. The number of fused-ring (bicyclic) bond motifs is 1. The lowest BCUT2D eigenvalue weighted by Gasteiger charge is -2.42. The summed E-state index contributed by atoms with van der Waals surface area (Å²) in [6.07, 6.45) is 1.61. The number of aromatic nitrogens is 1. The van der Waals surface area contributed by atoms with Gasteiger partial charge in [0.05, 0.1) is 6.54 Å². The predicted molar refractivity (Wildman–Crippen MR) is 143 cm³/mol. The van der Waals surface area contributed by atoms with Crippen LogP contribution in [-0.4, -0.2) is 11.0 Å². The number of amidine groups is 1. The van der Waals surface area contributed by atoms with Crippen LogP contribution in [0.15, 0.2) is 136 Å². The van der Waals surface area contributed by atoms with Crippen molar-refractivity contribution in [2.75, 3.05) is 4.90 Å². The van der Waals surface area contributed by atoms with Crippen LogP contribution in [0.4, 0.5) is 5.69 Å². The van der Waals surface area contributed by atoms with Crippen LogP contribution >= 0.6 is 15.9 Å². The van der Waals surface area contributed by atoms with Crippen molar-refractivity contribution in [1.82, 2.24) is 5.16 Å². The maximum Gasteiger partial charge on any atom is 0.140 e. The van der Waals surface area contributed by atoms with Crippen LogP contribution in [0.1, 0.15) is 27.9 Å². The molecule has 0 spiro atoms. The molecule has 0 fully saturated rings. The van der Waals surface area contributed by atoms with E-state index in [9.17, 15) is 0 Å². The molecule has 6 rings (SSSR count). The Morgan fingerprint density at radius 1 is 0.743 bits per heavy atom. The molecule has 1 aliphatic rings. The second-order valence-electron chi connectivity index (χ2n) is 8.48. The number of benzene rings is 4. The van der Waals surface area contributed by atoms with E-state index in [1.807, 2.05) is 24.3 Å². The van der Waals surface area contributed by atoms with Gasteiger partial charge >= 0.3 is 0 Å². The molecule has 0 saturated carbocycles. The van der Waals surface area contributed by atoms with Crippen molar-refractivity contribution in [1.29, 1.82) is 0 Å². The zero-order chi connectivity index (χ0) is 23.7. The van der Waals surface area contributed by atoms with Crippen LogP contribution in [0.3, 0.4) is 0 Å². The molecule has 4 nitrogen and oxygen atoms in total. The molecule has 0 atom stereocenters. The zero-order valence-corrected chi connectivity index (χ0v) is 20.5. The molecule has 0 aliphatic carbocycles. The Kier molecular flexibility index (Phi) is 5.55. The third-order valence-corrected chi connectivity index (χ3v) is 6.89. The molecule has 0 unspecified atom stereocenters. The fraction of sp³-hybridized carbons (Fsp3) is 0.0667. The molecule has 0 bridgehead atoms. The van der Waals surface area contributed by atoms with Crippen molar-refractivity contribution >= 4 is 27.5 Å². The van der Waals surface area contributed by atoms with Crippen molar-refractivity contribution < 1.29 is 4.52 Å². The largest absolute Gasteiger partial charge is 0.364 e. The first-order valence-corrected chi connectivity index (χ1v) is 12.3. The fourth-order valence-electron chi connectivity index (χ4n) is 4.84. The van der Waals surface area contributed by atoms with Crippen molar-refractivity contribution in [2.45, 2.75) is 12.1 Å². The molecule has 1 aromatic heterocycles. The van der Waals surface area contributed by atoms with E-state index in [0.29, 0.717) is 6.54 Å². The third-order valence-electron chi connectivity index (χ3n) is 6.39. The van der Waals surface area contributed by atoms with Crippen LogP contribution in [0.2, 0.25) is 0 Å². The summed E-state index contributed by atoms with van der Waals surface area (Å²) in [5, 5.41) is 4.20. The number of rotatable bonds is 5. The van der Waals surface area contributed by atoms with Gasteiger partial charge in [0.2, 0.25) is 0 Å². The molecule has 4 aromatic carbocycles. The summed E-state index contributed by atoms with van der Waals surface area (Å²) in [6, 6.07) is 39.8. The standard InChI is InChI=1S/C30H22BrN3O/c31-25-16-17-28-27(20-25)30(23-12-6-2-7-13-23,24-14-8-3-9-15-24)32-29(22-10-4-1-5-11-22)34(28)21-26-18-19-35-33-26/h1-20H,21H2. The van der Waals surface area contributed by atoms with Gasteiger partial charge in [-0.2, -0.15) is 0 Å². The normalized spacial score (nSPS) is 14.3. The molecule has 170 valence electrons. The lowest BCUT2D eigenvalue weighted by Crippen LogP contribution is -2.42. The molecule has 5 heteroatoms. The summed E-state index contributed by atoms with van der Waals surface area (Å²) in [5.41, 5.74) is 5.56. The number of aliphatic imine (C=N–C) groups is 1. The topological polar surface area (TPSA) is 41.6 Å². The number of halogens is 1. The Labute approximate surface area is 212 Å². The maximum absolute atomic E-state index is 5.63. The highest BCUT2D eigenvalue weighted by molar-refractivity contribution is 9.10. The first-order chi connectivity index (χ1) is 17.3. The fourth-order valence-corrected chi connectivity index (χ4v) is 5.20. The molecule has 5 aromatic rings. The lowest BCUT2D eigenvalue weighted by atomic mass is 9.75. The Balaban J connectivity index is 1.71. The van der Waals surface area contributed by atoms with Crippen molar-refractivity contribution in [2.24, 2.45) is 4.99 Å². The molecule has 35 heavy (non-hydrogen) atoms. The van der Waals surface area contributed by atoms with Gasteiger partial charge in [0, 0.05) is 27.4 Å². The molecule has 0 radical (unpaired) electrons. The zero-order valence-electron chi connectivity index (χ0n) is 18.9. The third kappa shape index (κ3) is 3.78. The van der Waals surface area contributed by atoms with Crippen molar-refractivity contribution in [3.05, 3.63) is 154 Å². The highest BCUT2D eigenvalue weighted by Crippen LogP contribution is 2.49. The number of nitrogens with zero attached hydrogens (tertiary/aromatic N) is 3. The van der Waals surface area contributed by atoms with Crippen LogP contribution in [0.5, 0.6) is 0 Å². The van der Waals surface area contributed by atoms with Crippen LogP contribution in [-0.2, 0) is 12.1 Å². The number of hydrogen-bond donors (Lipinski definition) is 0. The second-order valence-corrected chi connectivity index (χ2v) is 9.40. The van der Waals surface area contributed by atoms with Gasteiger partial charge in [-0.3, -0.25) is 0 Å². The van der Waals surface area contributed by atoms with Crippen LogP contribution in [0, 0.1) is 0 Å². The predicted octanol–water partition coefficient (Wildman–Crippen LogP) is 7.20. The molecule has 2 heterocycles. The van der Waals surface area contributed by atoms with Crippen LogP contribution < -0.4 is 4.90 Å². The van der Waals surface area contributed by atoms with E-state index in [1.54, 1.807) is 6.26 Å². The van der Waals surface area contributed by atoms with Crippen molar-refractivity contribution in [3.63, 3.8) is 0 Å². The molecular formula is C30H22BrN3O. The van der Waals surface area contributed by atoms with Gasteiger partial charge < -0.3 is 9.42 Å². The number of hydrogen-bond acceptors (Lipinski definition) is 4. The van der Waals surface area contributed by atoms with E-state index in [2.05, 4.69) is 117 Å². The number of anilines is 1. The molecule has 0 amide bonds. The van der Waals surface area contributed by atoms with Gasteiger partial charge in [-0.15, -0.1) is 0 Å². The lowest BCUT2D eigenvalue weighted by molar-refractivity contribution is 0.412. The summed E-state index contributed by atoms with van der Waals surface area (Å²) in [6.45, 7) is 0.540. The van der Waals surface area contributed by atoms with E-state index >= 15 is 0 Å². The van der Waals surface area contributed by atoms with Gasteiger partial charge in [-0.25, -0.2) is 4.99 Å². The summed E-state index contributed by atoms with van der Waals surface area (Å²) in [5.74, 6) is 0.885.